The molecule has 0 amide bonds. The zero-order valence-electron chi connectivity index (χ0n) is 14.4. The summed E-state index contributed by atoms with van der Waals surface area (Å²) in [6.45, 7) is 15.8. The maximum absolute atomic E-state index is 5.00. The van der Waals surface area contributed by atoms with Gasteiger partial charge in [0.2, 0.25) is 0 Å². The van der Waals surface area contributed by atoms with Gasteiger partial charge in [-0.25, -0.2) is 0 Å². The fraction of sp³-hybridized carbons (Fsp3) is 0.533. The van der Waals surface area contributed by atoms with Gasteiger partial charge in [0, 0.05) is 16.5 Å². The van der Waals surface area contributed by atoms with Crippen molar-refractivity contribution < 1.29 is 18.9 Å². The molecule has 5 heteroatoms. The number of nitrogens with zero attached hydrogens (tertiary/aromatic N) is 2. The molecule has 0 N–H and O–H groups in total. The predicted octanol–water partition coefficient (Wildman–Crippen LogP) is 2.04. The Labute approximate surface area is 138 Å². The van der Waals surface area contributed by atoms with Crippen LogP contribution in [0.3, 0.4) is 0 Å². The molecule has 0 spiro atoms. The second-order valence-corrected chi connectivity index (χ2v) is 16.0. The number of benzene rings is 1. The minimum atomic E-state index is -1.52. The van der Waals surface area contributed by atoms with Crippen LogP contribution in [0.4, 0.5) is 0 Å². The van der Waals surface area contributed by atoms with Gasteiger partial charge in [-0.3, -0.25) is 0 Å². The summed E-state index contributed by atoms with van der Waals surface area (Å²) >= 11 is 0. The number of hydrogen-bond donors (Lipinski definition) is 0. The van der Waals surface area contributed by atoms with Crippen molar-refractivity contribution >= 4 is 22.3 Å². The summed E-state index contributed by atoms with van der Waals surface area (Å²) in [6.07, 6.45) is 1.03. The Morgan fingerprint density at radius 1 is 1.05 bits per heavy atom. The Morgan fingerprint density at radius 3 is 2.05 bits per heavy atom. The molecule has 0 aliphatic rings. The summed E-state index contributed by atoms with van der Waals surface area (Å²) < 4.78 is 5.00. The molecule has 0 aliphatic carbocycles. The molecule has 1 aromatic carbocycles. The van der Waals surface area contributed by atoms with Crippen LogP contribution >= 0.6 is 0 Å². The number of hydrogen-bond acceptors (Lipinski definition) is 1. The van der Waals surface area contributed by atoms with Gasteiger partial charge in [-0.05, 0) is 17.5 Å². The fourth-order valence-electron chi connectivity index (χ4n) is 1.83. The van der Waals surface area contributed by atoms with Crippen LogP contribution in [0.15, 0.2) is 28.9 Å². The third kappa shape index (κ3) is 6.94. The first kappa shape index (κ1) is 19.7. The van der Waals surface area contributed by atoms with Gasteiger partial charge >= 0.3 is 18.9 Å². The van der Waals surface area contributed by atoms with Gasteiger partial charge in [-0.1, -0.05) is 76.3 Å². The van der Waals surface area contributed by atoms with Gasteiger partial charge < -0.3 is 9.64 Å². The minimum absolute atomic E-state index is 0. The summed E-state index contributed by atoms with van der Waals surface area (Å²) in [5.41, 5.74) is 2.58. The standard InChI is InChI=1S/C15H27N2Si2.Li/c1-8-13-11-9-10-12-14(13)15(16-18(2,3)4)17-19(5,6)7;/h9-12H,8H2,1-7H3;/q-1;+1. The molecule has 0 saturated carbocycles. The largest absolute Gasteiger partial charge is 1.00 e. The van der Waals surface area contributed by atoms with Crippen molar-refractivity contribution in [2.75, 3.05) is 0 Å². The van der Waals surface area contributed by atoms with Crippen molar-refractivity contribution in [3.8, 4) is 0 Å². The Bertz CT molecular complexity index is 460. The normalized spacial score (nSPS) is 12.8. The van der Waals surface area contributed by atoms with Crippen molar-refractivity contribution in [3.63, 3.8) is 0 Å². The summed E-state index contributed by atoms with van der Waals surface area (Å²) in [5.74, 6) is 0.996. The van der Waals surface area contributed by atoms with Crippen LogP contribution in [-0.4, -0.2) is 22.3 Å². The smallest absolute Gasteiger partial charge is 0.472 e. The third-order valence-electron chi connectivity index (χ3n) is 2.52. The van der Waals surface area contributed by atoms with E-state index in [1.165, 1.54) is 11.1 Å². The van der Waals surface area contributed by atoms with E-state index in [9.17, 15) is 0 Å². The Balaban J connectivity index is 0.00000361. The summed E-state index contributed by atoms with van der Waals surface area (Å²) in [4.78, 5) is 5.00. The number of aryl methyl sites for hydroxylation is 1. The van der Waals surface area contributed by atoms with E-state index >= 15 is 0 Å². The van der Waals surface area contributed by atoms with E-state index in [4.69, 9.17) is 9.64 Å². The van der Waals surface area contributed by atoms with Crippen LogP contribution in [0.1, 0.15) is 18.1 Å². The molecule has 1 aromatic rings. The predicted molar refractivity (Wildman–Crippen MR) is 92.4 cm³/mol. The second kappa shape index (κ2) is 7.65. The van der Waals surface area contributed by atoms with Gasteiger partial charge in [-0.15, -0.1) is 0 Å². The Hall–Kier alpha value is -0.279. The van der Waals surface area contributed by atoms with Crippen molar-refractivity contribution in [1.82, 2.24) is 0 Å². The van der Waals surface area contributed by atoms with Crippen LogP contribution in [-0.2, 0) is 6.42 Å². The molecule has 0 unspecified atom stereocenters. The maximum atomic E-state index is 5.00. The van der Waals surface area contributed by atoms with Crippen LogP contribution in [0.25, 0.3) is 4.98 Å². The molecule has 0 saturated heterocycles. The molecule has 20 heavy (non-hydrogen) atoms. The van der Waals surface area contributed by atoms with Crippen LogP contribution in [0, 0.1) is 0 Å². The molecule has 0 bridgehead atoms. The molecule has 0 fully saturated rings. The molecule has 0 atom stereocenters. The minimum Gasteiger partial charge on any atom is -0.472 e. The first-order valence-electron chi connectivity index (χ1n) is 7.03. The van der Waals surface area contributed by atoms with Crippen LogP contribution in [0.5, 0.6) is 0 Å². The van der Waals surface area contributed by atoms with Crippen molar-refractivity contribution in [2.45, 2.75) is 52.6 Å². The molecular weight excluding hydrogens is 271 g/mol. The second-order valence-electron chi connectivity index (χ2n) is 6.90. The topological polar surface area (TPSA) is 26.5 Å². The third-order valence-corrected chi connectivity index (χ3v) is 4.29. The molecule has 106 valence electrons. The fourth-order valence-corrected chi connectivity index (χ4v) is 3.54. The van der Waals surface area contributed by atoms with E-state index in [2.05, 4.69) is 70.5 Å². The van der Waals surface area contributed by atoms with Crippen molar-refractivity contribution in [2.24, 2.45) is 4.66 Å². The van der Waals surface area contributed by atoms with Gasteiger partial charge in [0.05, 0.1) is 0 Å². The molecular formula is C15H27LiN2Si2. The number of amidine groups is 1. The molecule has 0 aliphatic heterocycles. The molecule has 0 heterocycles. The maximum Gasteiger partial charge on any atom is 1.00 e. The number of rotatable bonds is 4. The Morgan fingerprint density at radius 2 is 1.60 bits per heavy atom. The van der Waals surface area contributed by atoms with E-state index in [1.807, 2.05) is 0 Å². The zero-order valence-corrected chi connectivity index (χ0v) is 16.4. The van der Waals surface area contributed by atoms with Crippen molar-refractivity contribution in [1.29, 1.82) is 0 Å². The SMILES string of the molecule is CCc1ccccc1/C(=N/[Si](C)(C)C)[N-][Si](C)(C)C.[Li+]. The van der Waals surface area contributed by atoms with E-state index in [0.29, 0.717) is 0 Å². The summed E-state index contributed by atoms with van der Waals surface area (Å²) in [6, 6.07) is 8.55. The zero-order chi connectivity index (χ0) is 14.7. The first-order valence-corrected chi connectivity index (χ1v) is 13.9. The van der Waals surface area contributed by atoms with Crippen molar-refractivity contribution in [3.05, 3.63) is 40.4 Å². The molecule has 0 aromatic heterocycles. The average molecular weight is 299 g/mol. The average Bonchev–Trinajstić information content (AvgIpc) is 2.24. The van der Waals surface area contributed by atoms with E-state index < -0.39 is 16.5 Å². The molecule has 0 radical (unpaired) electrons. The quantitative estimate of drug-likeness (QED) is 0.462. The van der Waals surface area contributed by atoms with E-state index in [0.717, 1.165) is 12.3 Å². The summed E-state index contributed by atoms with van der Waals surface area (Å²) in [7, 11) is -3.04. The van der Waals surface area contributed by atoms with Gasteiger partial charge in [0.1, 0.15) is 0 Å². The molecule has 1 rings (SSSR count). The van der Waals surface area contributed by atoms with Gasteiger partial charge in [0.15, 0.2) is 0 Å². The van der Waals surface area contributed by atoms with Gasteiger partial charge in [0.25, 0.3) is 0 Å². The molecule has 2 nitrogen and oxygen atoms in total. The van der Waals surface area contributed by atoms with E-state index in [1.54, 1.807) is 0 Å². The Kier molecular flexibility index (Phi) is 7.54. The van der Waals surface area contributed by atoms with Crippen LogP contribution < -0.4 is 18.9 Å². The van der Waals surface area contributed by atoms with E-state index in [-0.39, 0.29) is 18.9 Å². The monoisotopic (exact) mass is 298 g/mol. The first-order chi connectivity index (χ1) is 8.62. The van der Waals surface area contributed by atoms with Crippen LogP contribution in [0.2, 0.25) is 39.3 Å². The summed E-state index contributed by atoms with van der Waals surface area (Å²) in [5, 5.41) is 0. The van der Waals surface area contributed by atoms with Gasteiger partial charge in [-0.2, -0.15) is 0 Å².